The van der Waals surface area contributed by atoms with Crippen molar-refractivity contribution in [2.45, 2.75) is 65.3 Å². The SMILES string of the molecule is Cc1ccc(OC(F)F)c(CN=C(NCc2nnc(C)n2C)NC2CCCC2)c1.I. The molecule has 0 unspecified atom stereocenters. The van der Waals surface area contributed by atoms with E-state index in [1.165, 1.54) is 12.8 Å². The zero-order valence-electron chi connectivity index (χ0n) is 17.5. The average molecular weight is 534 g/mol. The molecule has 1 saturated carbocycles. The molecule has 1 fully saturated rings. The molecule has 0 amide bonds. The Morgan fingerprint density at radius 2 is 2.00 bits per heavy atom. The number of aliphatic imine (C=N–C) groups is 1. The van der Waals surface area contributed by atoms with Gasteiger partial charge < -0.3 is 19.9 Å². The Morgan fingerprint density at radius 1 is 1.27 bits per heavy atom. The fraction of sp³-hybridized carbons (Fsp3) is 0.550. The Balaban J connectivity index is 0.00000320. The molecule has 1 aliphatic carbocycles. The number of rotatable bonds is 7. The predicted molar refractivity (Wildman–Crippen MR) is 122 cm³/mol. The zero-order valence-corrected chi connectivity index (χ0v) is 19.8. The van der Waals surface area contributed by atoms with Crippen LogP contribution in [-0.2, 0) is 20.1 Å². The number of nitrogens with zero attached hydrogens (tertiary/aromatic N) is 4. The normalized spacial score (nSPS) is 14.7. The molecule has 30 heavy (non-hydrogen) atoms. The third kappa shape index (κ3) is 6.78. The van der Waals surface area contributed by atoms with Gasteiger partial charge in [-0.2, -0.15) is 8.78 Å². The van der Waals surface area contributed by atoms with E-state index in [0.717, 1.165) is 30.1 Å². The van der Waals surface area contributed by atoms with E-state index in [1.54, 1.807) is 12.1 Å². The van der Waals surface area contributed by atoms with Gasteiger partial charge in [0, 0.05) is 18.7 Å². The van der Waals surface area contributed by atoms with Crippen LogP contribution in [0.4, 0.5) is 8.78 Å². The maximum absolute atomic E-state index is 12.7. The van der Waals surface area contributed by atoms with E-state index in [0.29, 0.717) is 24.1 Å². The number of guanidine groups is 1. The first-order chi connectivity index (χ1) is 13.9. The summed E-state index contributed by atoms with van der Waals surface area (Å²) in [7, 11) is 1.91. The molecule has 0 atom stereocenters. The van der Waals surface area contributed by atoms with Gasteiger partial charge in [0.05, 0.1) is 13.1 Å². The molecule has 0 spiro atoms. The summed E-state index contributed by atoms with van der Waals surface area (Å²) in [5, 5.41) is 15.0. The van der Waals surface area contributed by atoms with Gasteiger partial charge in [-0.25, -0.2) is 4.99 Å². The molecule has 10 heteroatoms. The number of ether oxygens (including phenoxy) is 1. The van der Waals surface area contributed by atoms with Crippen LogP contribution in [0.1, 0.15) is 48.5 Å². The number of hydrogen-bond donors (Lipinski definition) is 2. The van der Waals surface area contributed by atoms with Crippen LogP contribution in [0.2, 0.25) is 0 Å². The van der Waals surface area contributed by atoms with E-state index in [-0.39, 0.29) is 36.3 Å². The second-order valence-corrected chi connectivity index (χ2v) is 7.36. The summed E-state index contributed by atoms with van der Waals surface area (Å²) in [6, 6.07) is 5.49. The number of halogens is 3. The van der Waals surface area contributed by atoms with Crippen molar-refractivity contribution in [3.8, 4) is 5.75 Å². The molecule has 7 nitrogen and oxygen atoms in total. The van der Waals surface area contributed by atoms with Crippen molar-refractivity contribution in [1.29, 1.82) is 0 Å². The van der Waals surface area contributed by atoms with Crippen molar-refractivity contribution >= 4 is 29.9 Å². The minimum absolute atomic E-state index is 0. The first-order valence-electron chi connectivity index (χ1n) is 9.86. The van der Waals surface area contributed by atoms with E-state index in [2.05, 4.69) is 30.6 Å². The highest BCUT2D eigenvalue weighted by Crippen LogP contribution is 2.23. The standard InChI is InChI=1S/C20H28F2N6O.HI/c1-13-8-9-17(29-19(21)22)15(10-13)11-23-20(25-16-6-4-5-7-16)24-12-18-27-26-14(2)28(18)3;/h8-10,16,19H,4-7,11-12H2,1-3H3,(H2,23,24,25);1H. The molecular formula is C20H29F2IN6O. The highest BCUT2D eigenvalue weighted by Gasteiger charge is 2.17. The minimum atomic E-state index is -2.87. The lowest BCUT2D eigenvalue weighted by atomic mass is 10.1. The second kappa shape index (κ2) is 11.4. The van der Waals surface area contributed by atoms with Gasteiger partial charge >= 0.3 is 6.61 Å². The molecule has 2 aromatic rings. The Bertz CT molecular complexity index is 852. The zero-order chi connectivity index (χ0) is 20.8. The summed E-state index contributed by atoms with van der Waals surface area (Å²) in [5.41, 5.74) is 1.58. The molecule has 2 N–H and O–H groups in total. The molecule has 1 aromatic carbocycles. The van der Waals surface area contributed by atoms with E-state index in [1.807, 2.05) is 31.5 Å². The lowest BCUT2D eigenvalue weighted by Gasteiger charge is -2.18. The second-order valence-electron chi connectivity index (χ2n) is 7.36. The third-order valence-corrected chi connectivity index (χ3v) is 5.13. The Morgan fingerprint density at radius 3 is 2.63 bits per heavy atom. The summed E-state index contributed by atoms with van der Waals surface area (Å²) in [6.07, 6.45) is 4.57. The lowest BCUT2D eigenvalue weighted by molar-refractivity contribution is -0.0504. The molecule has 1 heterocycles. The molecule has 1 aliphatic rings. The Kier molecular flexibility index (Phi) is 9.25. The molecule has 166 valence electrons. The Labute approximate surface area is 192 Å². The van der Waals surface area contributed by atoms with Crippen molar-refractivity contribution in [3.63, 3.8) is 0 Å². The van der Waals surface area contributed by atoms with Crippen molar-refractivity contribution in [2.24, 2.45) is 12.0 Å². The van der Waals surface area contributed by atoms with Gasteiger partial charge in [0.2, 0.25) is 0 Å². The van der Waals surface area contributed by atoms with Crippen LogP contribution in [0.3, 0.4) is 0 Å². The van der Waals surface area contributed by atoms with Gasteiger partial charge in [-0.15, -0.1) is 34.2 Å². The summed E-state index contributed by atoms with van der Waals surface area (Å²) in [4.78, 5) is 4.63. The van der Waals surface area contributed by atoms with Crippen molar-refractivity contribution < 1.29 is 13.5 Å². The van der Waals surface area contributed by atoms with Crippen LogP contribution in [-0.4, -0.2) is 33.4 Å². The first kappa shape index (κ1) is 24.3. The molecule has 0 aliphatic heterocycles. The number of hydrogen-bond acceptors (Lipinski definition) is 4. The van der Waals surface area contributed by atoms with Crippen LogP contribution in [0, 0.1) is 13.8 Å². The predicted octanol–water partition coefficient (Wildman–Crippen LogP) is 3.83. The van der Waals surface area contributed by atoms with Crippen LogP contribution in [0.25, 0.3) is 0 Å². The van der Waals surface area contributed by atoms with Crippen molar-refractivity contribution in [3.05, 3.63) is 41.0 Å². The van der Waals surface area contributed by atoms with Gasteiger partial charge in [0.1, 0.15) is 11.6 Å². The summed E-state index contributed by atoms with van der Waals surface area (Å²) >= 11 is 0. The average Bonchev–Trinajstić information content (AvgIpc) is 3.30. The van der Waals surface area contributed by atoms with Crippen molar-refractivity contribution in [2.75, 3.05) is 0 Å². The lowest BCUT2D eigenvalue weighted by Crippen LogP contribution is -2.42. The highest BCUT2D eigenvalue weighted by molar-refractivity contribution is 14.0. The molecular weight excluding hydrogens is 505 g/mol. The van der Waals surface area contributed by atoms with Crippen LogP contribution < -0.4 is 15.4 Å². The van der Waals surface area contributed by atoms with E-state index < -0.39 is 6.61 Å². The number of alkyl halides is 2. The molecule has 0 saturated heterocycles. The van der Waals surface area contributed by atoms with Crippen LogP contribution in [0.5, 0.6) is 5.75 Å². The quantitative estimate of drug-likeness (QED) is 0.321. The summed E-state index contributed by atoms with van der Waals surface area (Å²) in [5.74, 6) is 2.40. The smallest absolute Gasteiger partial charge is 0.387 e. The topological polar surface area (TPSA) is 76.4 Å². The Hall–Kier alpha value is -1.98. The number of nitrogens with one attached hydrogen (secondary N) is 2. The maximum atomic E-state index is 12.7. The van der Waals surface area contributed by atoms with Crippen LogP contribution >= 0.6 is 24.0 Å². The van der Waals surface area contributed by atoms with E-state index in [4.69, 9.17) is 0 Å². The van der Waals surface area contributed by atoms with Crippen molar-refractivity contribution in [1.82, 2.24) is 25.4 Å². The number of benzene rings is 1. The number of aryl methyl sites for hydroxylation is 2. The van der Waals surface area contributed by atoms with E-state index in [9.17, 15) is 8.78 Å². The number of aromatic nitrogens is 3. The molecule has 0 bridgehead atoms. The largest absolute Gasteiger partial charge is 0.434 e. The maximum Gasteiger partial charge on any atom is 0.387 e. The highest BCUT2D eigenvalue weighted by atomic mass is 127. The molecule has 0 radical (unpaired) electrons. The van der Waals surface area contributed by atoms with E-state index >= 15 is 0 Å². The molecule has 1 aromatic heterocycles. The van der Waals surface area contributed by atoms with Gasteiger partial charge in [-0.3, -0.25) is 0 Å². The third-order valence-electron chi connectivity index (χ3n) is 5.13. The van der Waals surface area contributed by atoms with Gasteiger partial charge in [-0.05, 0) is 32.8 Å². The summed E-state index contributed by atoms with van der Waals surface area (Å²) in [6.45, 7) is 1.62. The van der Waals surface area contributed by atoms with Crippen LogP contribution in [0.15, 0.2) is 23.2 Å². The fourth-order valence-electron chi connectivity index (χ4n) is 3.39. The monoisotopic (exact) mass is 534 g/mol. The molecule has 3 rings (SSSR count). The first-order valence-corrected chi connectivity index (χ1v) is 9.86. The van der Waals surface area contributed by atoms with Gasteiger partial charge in [0.25, 0.3) is 0 Å². The fourth-order valence-corrected chi connectivity index (χ4v) is 3.39. The minimum Gasteiger partial charge on any atom is -0.434 e. The van der Waals surface area contributed by atoms with Gasteiger partial charge in [0.15, 0.2) is 11.8 Å². The summed E-state index contributed by atoms with van der Waals surface area (Å²) < 4.78 is 32.0. The van der Waals surface area contributed by atoms with Gasteiger partial charge in [-0.1, -0.05) is 30.5 Å².